The number of amides is 2. The first-order valence-electron chi connectivity index (χ1n) is 7.53. The molecule has 0 radical (unpaired) electrons. The first-order chi connectivity index (χ1) is 12.0. The molecule has 0 bridgehead atoms. The Balaban J connectivity index is 1.63. The Kier molecular flexibility index (Phi) is 4.95. The van der Waals surface area contributed by atoms with E-state index >= 15 is 0 Å². The molecule has 2 heterocycles. The Morgan fingerprint density at radius 1 is 1.16 bits per heavy atom. The van der Waals surface area contributed by atoms with Crippen LogP contribution in [0.5, 0.6) is 0 Å². The molecule has 7 nitrogen and oxygen atoms in total. The second-order valence-electron chi connectivity index (χ2n) is 5.38. The molecule has 1 aliphatic rings. The van der Waals surface area contributed by atoms with Crippen molar-refractivity contribution in [1.82, 2.24) is 10.4 Å². The zero-order valence-electron chi connectivity index (χ0n) is 13.1. The molecular formula is C17H14ClN3O4. The number of pyridine rings is 1. The van der Waals surface area contributed by atoms with Gasteiger partial charge in [-0.15, -0.1) is 0 Å². The molecule has 128 valence electrons. The number of anilines is 1. The normalized spacial score (nSPS) is 14.2. The number of aromatic nitrogens is 1. The highest BCUT2D eigenvalue weighted by Gasteiger charge is 2.24. The first kappa shape index (κ1) is 16.9. The number of hydrazine groups is 1. The maximum Gasteiger partial charge on any atom is 0.338 e. The number of ether oxygens (including phenoxy) is 1. The lowest BCUT2D eigenvalue weighted by Gasteiger charge is -2.27. The standard InChI is InChI=1S/C17H14ClN3O4/c18-14-6-1-11(9-19-14)10-25-17(24)12-2-4-13(5-3-12)21-16(23)8-7-15(22)20-21/h1-6,9H,7-8,10H2,(H,20,22). The number of esters is 1. The van der Waals surface area contributed by atoms with Crippen LogP contribution >= 0.6 is 11.6 Å². The fraction of sp³-hybridized carbons (Fsp3) is 0.176. The molecule has 0 saturated carbocycles. The number of carbonyl (C=O) groups is 3. The van der Waals surface area contributed by atoms with Gasteiger partial charge in [-0.3, -0.25) is 15.0 Å². The third-order valence-corrected chi connectivity index (χ3v) is 3.80. The maximum atomic E-state index is 12.1. The summed E-state index contributed by atoms with van der Waals surface area (Å²) in [4.78, 5) is 39.2. The topological polar surface area (TPSA) is 88.6 Å². The van der Waals surface area contributed by atoms with Crippen molar-refractivity contribution in [3.8, 4) is 0 Å². The van der Waals surface area contributed by atoms with Gasteiger partial charge in [-0.1, -0.05) is 17.7 Å². The summed E-state index contributed by atoms with van der Waals surface area (Å²) in [6, 6.07) is 9.55. The molecule has 2 aromatic rings. The monoisotopic (exact) mass is 359 g/mol. The van der Waals surface area contributed by atoms with Crippen LogP contribution < -0.4 is 10.4 Å². The van der Waals surface area contributed by atoms with Gasteiger partial charge >= 0.3 is 5.97 Å². The lowest BCUT2D eigenvalue weighted by atomic mass is 10.2. The van der Waals surface area contributed by atoms with Crippen LogP contribution in [0, 0.1) is 0 Å². The summed E-state index contributed by atoms with van der Waals surface area (Å²) in [5.74, 6) is -0.930. The van der Waals surface area contributed by atoms with E-state index in [4.69, 9.17) is 16.3 Å². The molecule has 0 unspecified atom stereocenters. The highest BCUT2D eigenvalue weighted by molar-refractivity contribution is 6.29. The summed E-state index contributed by atoms with van der Waals surface area (Å²) >= 11 is 5.70. The molecule has 0 spiro atoms. The summed E-state index contributed by atoms with van der Waals surface area (Å²) in [6.07, 6.45) is 1.87. The van der Waals surface area contributed by atoms with E-state index in [0.29, 0.717) is 16.4 Å². The summed E-state index contributed by atoms with van der Waals surface area (Å²) in [7, 11) is 0. The first-order valence-corrected chi connectivity index (χ1v) is 7.91. The minimum atomic E-state index is -0.504. The SMILES string of the molecule is O=C1CCC(=O)N(c2ccc(C(=O)OCc3ccc(Cl)nc3)cc2)N1. The lowest BCUT2D eigenvalue weighted by Crippen LogP contribution is -2.50. The minimum absolute atomic E-state index is 0.0748. The Morgan fingerprint density at radius 3 is 2.60 bits per heavy atom. The highest BCUT2D eigenvalue weighted by Crippen LogP contribution is 2.18. The predicted octanol–water partition coefficient (Wildman–Crippen LogP) is 2.25. The number of nitrogens with one attached hydrogen (secondary N) is 1. The molecule has 3 rings (SSSR count). The molecule has 8 heteroatoms. The van der Waals surface area contributed by atoms with E-state index in [0.717, 1.165) is 5.56 Å². The van der Waals surface area contributed by atoms with Gasteiger partial charge in [0, 0.05) is 24.6 Å². The van der Waals surface area contributed by atoms with Crippen LogP contribution in [0.4, 0.5) is 5.69 Å². The number of halogens is 1. The van der Waals surface area contributed by atoms with Gasteiger partial charge in [-0.2, -0.15) is 0 Å². The van der Waals surface area contributed by atoms with Crippen LogP contribution in [0.1, 0.15) is 28.8 Å². The van der Waals surface area contributed by atoms with E-state index in [2.05, 4.69) is 10.4 Å². The van der Waals surface area contributed by atoms with Crippen LogP contribution in [-0.4, -0.2) is 22.8 Å². The van der Waals surface area contributed by atoms with Crippen molar-refractivity contribution in [3.05, 3.63) is 58.9 Å². The molecule has 1 saturated heterocycles. The second-order valence-corrected chi connectivity index (χ2v) is 5.76. The van der Waals surface area contributed by atoms with Crippen molar-refractivity contribution in [2.24, 2.45) is 0 Å². The third-order valence-electron chi connectivity index (χ3n) is 3.57. The van der Waals surface area contributed by atoms with E-state index in [1.165, 1.54) is 23.3 Å². The summed E-state index contributed by atoms with van der Waals surface area (Å²) in [5, 5.41) is 1.55. The largest absolute Gasteiger partial charge is 0.457 e. The average molecular weight is 360 g/mol. The van der Waals surface area contributed by atoms with Crippen LogP contribution in [0.15, 0.2) is 42.6 Å². The fourth-order valence-electron chi connectivity index (χ4n) is 2.25. The molecule has 25 heavy (non-hydrogen) atoms. The van der Waals surface area contributed by atoms with Crippen LogP contribution in [0.3, 0.4) is 0 Å². The van der Waals surface area contributed by atoms with Gasteiger partial charge in [0.1, 0.15) is 11.8 Å². The molecular weight excluding hydrogens is 346 g/mol. The van der Waals surface area contributed by atoms with Gasteiger partial charge in [0.15, 0.2) is 0 Å². The predicted molar refractivity (Wildman–Crippen MR) is 89.7 cm³/mol. The number of hydrogen-bond acceptors (Lipinski definition) is 5. The molecule has 2 amide bonds. The molecule has 1 fully saturated rings. The molecule has 1 aromatic heterocycles. The van der Waals surface area contributed by atoms with Crippen molar-refractivity contribution < 1.29 is 19.1 Å². The Morgan fingerprint density at radius 2 is 1.92 bits per heavy atom. The van der Waals surface area contributed by atoms with E-state index in [1.807, 2.05) is 0 Å². The second kappa shape index (κ2) is 7.31. The van der Waals surface area contributed by atoms with E-state index in [-0.39, 0.29) is 31.3 Å². The quantitative estimate of drug-likeness (QED) is 0.668. The van der Waals surface area contributed by atoms with Gasteiger partial charge < -0.3 is 4.74 Å². The van der Waals surface area contributed by atoms with Crippen molar-refractivity contribution in [1.29, 1.82) is 0 Å². The Labute approximate surface area is 148 Å². The van der Waals surface area contributed by atoms with Crippen LogP contribution in [0.2, 0.25) is 5.15 Å². The Bertz CT molecular complexity index is 806. The smallest absolute Gasteiger partial charge is 0.338 e. The van der Waals surface area contributed by atoms with E-state index in [1.54, 1.807) is 24.3 Å². The van der Waals surface area contributed by atoms with Crippen molar-refractivity contribution in [3.63, 3.8) is 0 Å². The summed E-state index contributed by atoms with van der Waals surface area (Å²) < 4.78 is 5.21. The van der Waals surface area contributed by atoms with Crippen molar-refractivity contribution in [2.45, 2.75) is 19.4 Å². The third kappa shape index (κ3) is 4.13. The highest BCUT2D eigenvalue weighted by atomic mass is 35.5. The number of carbonyl (C=O) groups excluding carboxylic acids is 3. The number of rotatable bonds is 4. The Hall–Kier alpha value is -2.93. The average Bonchev–Trinajstić information content (AvgIpc) is 2.63. The molecule has 1 N–H and O–H groups in total. The molecule has 1 aromatic carbocycles. The van der Waals surface area contributed by atoms with Gasteiger partial charge in [0.2, 0.25) is 11.8 Å². The summed E-state index contributed by atoms with van der Waals surface area (Å²) in [6.45, 7) is 0.0748. The van der Waals surface area contributed by atoms with Gasteiger partial charge in [-0.05, 0) is 30.3 Å². The number of nitrogens with zero attached hydrogens (tertiary/aromatic N) is 2. The molecule has 1 aliphatic heterocycles. The zero-order valence-corrected chi connectivity index (χ0v) is 13.8. The minimum Gasteiger partial charge on any atom is -0.457 e. The number of benzene rings is 1. The van der Waals surface area contributed by atoms with Crippen LogP contribution in [-0.2, 0) is 20.9 Å². The van der Waals surface area contributed by atoms with Gasteiger partial charge in [-0.25, -0.2) is 14.8 Å². The van der Waals surface area contributed by atoms with E-state index in [9.17, 15) is 14.4 Å². The molecule has 0 aliphatic carbocycles. The zero-order chi connectivity index (χ0) is 17.8. The van der Waals surface area contributed by atoms with Crippen molar-refractivity contribution >= 4 is 35.1 Å². The van der Waals surface area contributed by atoms with Crippen molar-refractivity contribution in [2.75, 3.05) is 5.01 Å². The lowest BCUT2D eigenvalue weighted by molar-refractivity contribution is -0.130. The maximum absolute atomic E-state index is 12.1. The van der Waals surface area contributed by atoms with Gasteiger partial charge in [0.25, 0.3) is 0 Å². The van der Waals surface area contributed by atoms with E-state index < -0.39 is 5.97 Å². The number of hydrogen-bond donors (Lipinski definition) is 1. The van der Waals surface area contributed by atoms with Crippen LogP contribution in [0.25, 0.3) is 0 Å². The fourth-order valence-corrected chi connectivity index (χ4v) is 2.37. The summed E-state index contributed by atoms with van der Waals surface area (Å²) in [5.41, 5.74) is 4.03. The molecule has 0 atom stereocenters. The van der Waals surface area contributed by atoms with Gasteiger partial charge in [0.05, 0.1) is 11.3 Å².